The van der Waals surface area contributed by atoms with Gasteiger partial charge in [-0.15, -0.1) is 0 Å². The Hall–Kier alpha value is -2.79. The number of aromatic hydroxyl groups is 1. The molecule has 0 aliphatic carbocycles. The van der Waals surface area contributed by atoms with E-state index in [9.17, 15) is 9.90 Å². The number of ether oxygens (including phenoxy) is 1. The SMILES string of the molecule is CCOC(=O)c1cnc2ccc(Cl)cc2c1Nc1cc(C)ccc1O. The van der Waals surface area contributed by atoms with Crippen LogP contribution < -0.4 is 5.32 Å². The number of phenolic OH excluding ortho intramolecular Hbond substituents is 1. The number of aromatic nitrogens is 1. The van der Waals surface area contributed by atoms with Gasteiger partial charge in [-0.3, -0.25) is 4.98 Å². The quantitative estimate of drug-likeness (QED) is 0.518. The van der Waals surface area contributed by atoms with Gasteiger partial charge in [0.25, 0.3) is 0 Å². The van der Waals surface area contributed by atoms with Gasteiger partial charge in [0.05, 0.1) is 23.5 Å². The van der Waals surface area contributed by atoms with Crippen molar-refractivity contribution in [1.29, 1.82) is 0 Å². The summed E-state index contributed by atoms with van der Waals surface area (Å²) in [5.41, 5.74) is 2.89. The molecule has 3 rings (SSSR count). The van der Waals surface area contributed by atoms with Crippen molar-refractivity contribution >= 4 is 39.8 Å². The number of halogens is 1. The zero-order chi connectivity index (χ0) is 18.0. The van der Waals surface area contributed by atoms with Crippen LogP contribution in [0.15, 0.2) is 42.6 Å². The van der Waals surface area contributed by atoms with Crippen molar-refractivity contribution in [3.8, 4) is 5.75 Å². The highest BCUT2D eigenvalue weighted by molar-refractivity contribution is 6.31. The number of aryl methyl sites for hydroxylation is 1. The van der Waals surface area contributed by atoms with E-state index in [1.165, 1.54) is 6.20 Å². The smallest absolute Gasteiger partial charge is 0.341 e. The zero-order valence-electron chi connectivity index (χ0n) is 13.8. The van der Waals surface area contributed by atoms with Crippen LogP contribution in [0.5, 0.6) is 5.75 Å². The molecule has 0 radical (unpaired) electrons. The first-order chi connectivity index (χ1) is 12.0. The number of fused-ring (bicyclic) bond motifs is 1. The van der Waals surface area contributed by atoms with E-state index in [1.54, 1.807) is 43.3 Å². The summed E-state index contributed by atoms with van der Waals surface area (Å²) in [7, 11) is 0. The Morgan fingerprint density at radius 2 is 2.08 bits per heavy atom. The van der Waals surface area contributed by atoms with Crippen LogP contribution in [-0.2, 0) is 4.74 Å². The van der Waals surface area contributed by atoms with E-state index in [-0.39, 0.29) is 17.9 Å². The van der Waals surface area contributed by atoms with E-state index in [0.29, 0.717) is 27.3 Å². The number of carbonyl (C=O) groups excluding carboxylic acids is 1. The third kappa shape index (κ3) is 3.51. The van der Waals surface area contributed by atoms with Crippen molar-refractivity contribution in [3.05, 3.63) is 58.7 Å². The molecule has 25 heavy (non-hydrogen) atoms. The lowest BCUT2D eigenvalue weighted by Crippen LogP contribution is -2.09. The van der Waals surface area contributed by atoms with Gasteiger partial charge in [-0.2, -0.15) is 0 Å². The maximum atomic E-state index is 12.3. The van der Waals surface area contributed by atoms with E-state index in [1.807, 2.05) is 6.92 Å². The molecule has 0 aliphatic heterocycles. The monoisotopic (exact) mass is 356 g/mol. The predicted molar refractivity (Wildman–Crippen MR) is 98.8 cm³/mol. The van der Waals surface area contributed by atoms with Crippen molar-refractivity contribution in [2.45, 2.75) is 13.8 Å². The summed E-state index contributed by atoms with van der Waals surface area (Å²) in [6, 6.07) is 10.4. The van der Waals surface area contributed by atoms with Crippen LogP contribution in [0, 0.1) is 6.92 Å². The van der Waals surface area contributed by atoms with Gasteiger partial charge in [0, 0.05) is 16.6 Å². The van der Waals surface area contributed by atoms with Gasteiger partial charge < -0.3 is 15.2 Å². The molecule has 0 amide bonds. The fraction of sp³-hybridized carbons (Fsp3) is 0.158. The van der Waals surface area contributed by atoms with Crippen LogP contribution >= 0.6 is 11.6 Å². The second kappa shape index (κ2) is 6.99. The lowest BCUT2D eigenvalue weighted by atomic mass is 10.1. The van der Waals surface area contributed by atoms with Crippen LogP contribution in [0.3, 0.4) is 0 Å². The van der Waals surface area contributed by atoms with Crippen LogP contribution in [-0.4, -0.2) is 22.7 Å². The molecule has 0 saturated heterocycles. The number of phenols is 1. The molecule has 0 atom stereocenters. The maximum absolute atomic E-state index is 12.3. The van der Waals surface area contributed by atoms with Crippen molar-refractivity contribution in [3.63, 3.8) is 0 Å². The minimum atomic E-state index is -0.494. The van der Waals surface area contributed by atoms with E-state index < -0.39 is 5.97 Å². The number of pyridine rings is 1. The van der Waals surface area contributed by atoms with Crippen LogP contribution in [0.4, 0.5) is 11.4 Å². The van der Waals surface area contributed by atoms with E-state index in [2.05, 4.69) is 10.3 Å². The third-order valence-corrected chi connectivity index (χ3v) is 3.97. The second-order valence-electron chi connectivity index (χ2n) is 5.57. The normalized spacial score (nSPS) is 10.7. The lowest BCUT2D eigenvalue weighted by molar-refractivity contribution is 0.0527. The number of carbonyl (C=O) groups is 1. The van der Waals surface area contributed by atoms with Crippen molar-refractivity contribution in [1.82, 2.24) is 4.98 Å². The number of nitrogens with zero attached hydrogens (tertiary/aromatic N) is 1. The van der Waals surface area contributed by atoms with E-state index in [0.717, 1.165) is 5.56 Å². The fourth-order valence-electron chi connectivity index (χ4n) is 2.55. The molecule has 0 fully saturated rings. The first-order valence-electron chi connectivity index (χ1n) is 7.81. The van der Waals surface area contributed by atoms with Crippen molar-refractivity contribution < 1.29 is 14.6 Å². The molecule has 1 heterocycles. The Morgan fingerprint density at radius 1 is 1.28 bits per heavy atom. The standard InChI is InChI=1S/C19H17ClN2O3/c1-3-25-19(24)14-10-21-15-6-5-12(20)9-13(15)18(14)22-16-8-11(2)4-7-17(16)23/h4-10,23H,3H2,1-2H3,(H,21,22). The van der Waals surface area contributed by atoms with Gasteiger partial charge in [0.15, 0.2) is 0 Å². The Labute approximate surface area is 150 Å². The molecule has 0 bridgehead atoms. The average molecular weight is 357 g/mol. The molecule has 0 aliphatic rings. The molecule has 128 valence electrons. The molecule has 5 nitrogen and oxygen atoms in total. The molecule has 2 N–H and O–H groups in total. The van der Waals surface area contributed by atoms with E-state index >= 15 is 0 Å². The largest absolute Gasteiger partial charge is 0.506 e. The highest BCUT2D eigenvalue weighted by Gasteiger charge is 2.18. The van der Waals surface area contributed by atoms with Crippen molar-refractivity contribution in [2.24, 2.45) is 0 Å². The summed E-state index contributed by atoms with van der Waals surface area (Å²) >= 11 is 6.12. The zero-order valence-corrected chi connectivity index (χ0v) is 14.6. The highest BCUT2D eigenvalue weighted by atomic mass is 35.5. The number of benzene rings is 2. The Balaban J connectivity index is 2.21. The van der Waals surface area contributed by atoms with Gasteiger partial charge in [0.2, 0.25) is 0 Å². The maximum Gasteiger partial charge on any atom is 0.341 e. The molecule has 3 aromatic rings. The van der Waals surface area contributed by atoms with Gasteiger partial charge in [-0.1, -0.05) is 17.7 Å². The molecule has 0 saturated carbocycles. The summed E-state index contributed by atoms with van der Waals surface area (Å²) < 4.78 is 5.13. The molecular formula is C19H17ClN2O3. The van der Waals surface area contributed by atoms with Gasteiger partial charge in [-0.25, -0.2) is 4.79 Å². The number of hydrogen-bond acceptors (Lipinski definition) is 5. The lowest BCUT2D eigenvalue weighted by Gasteiger charge is -2.15. The van der Waals surface area contributed by atoms with Gasteiger partial charge >= 0.3 is 5.97 Å². The topological polar surface area (TPSA) is 71.5 Å². The van der Waals surface area contributed by atoms with E-state index in [4.69, 9.17) is 16.3 Å². The Bertz CT molecular complexity index is 957. The predicted octanol–water partition coefficient (Wildman–Crippen LogP) is 4.82. The fourth-order valence-corrected chi connectivity index (χ4v) is 2.72. The first kappa shape index (κ1) is 17.0. The van der Waals surface area contributed by atoms with Gasteiger partial charge in [-0.05, 0) is 49.7 Å². The van der Waals surface area contributed by atoms with Crippen molar-refractivity contribution in [2.75, 3.05) is 11.9 Å². The molecule has 2 aromatic carbocycles. The van der Waals surface area contributed by atoms with Gasteiger partial charge in [0.1, 0.15) is 11.3 Å². The van der Waals surface area contributed by atoms with Crippen LogP contribution in [0.2, 0.25) is 5.02 Å². The number of rotatable bonds is 4. The number of anilines is 2. The number of esters is 1. The highest BCUT2D eigenvalue weighted by Crippen LogP contribution is 2.34. The number of hydrogen-bond donors (Lipinski definition) is 2. The summed E-state index contributed by atoms with van der Waals surface area (Å²) in [5, 5.41) is 14.5. The summed E-state index contributed by atoms with van der Waals surface area (Å²) in [6.45, 7) is 3.91. The Morgan fingerprint density at radius 3 is 2.84 bits per heavy atom. The van der Waals surface area contributed by atoms with Crippen LogP contribution in [0.1, 0.15) is 22.8 Å². The summed E-state index contributed by atoms with van der Waals surface area (Å²) in [6.07, 6.45) is 1.46. The van der Waals surface area contributed by atoms with Crippen LogP contribution in [0.25, 0.3) is 10.9 Å². The Kier molecular flexibility index (Phi) is 4.76. The summed E-state index contributed by atoms with van der Waals surface area (Å²) in [4.78, 5) is 16.6. The average Bonchev–Trinajstić information content (AvgIpc) is 2.58. The molecule has 1 aromatic heterocycles. The third-order valence-electron chi connectivity index (χ3n) is 3.74. The molecule has 0 spiro atoms. The minimum Gasteiger partial charge on any atom is -0.506 e. The molecular weight excluding hydrogens is 340 g/mol. The molecule has 6 heteroatoms. The second-order valence-corrected chi connectivity index (χ2v) is 6.01. The number of nitrogens with one attached hydrogen (secondary N) is 1. The summed E-state index contributed by atoms with van der Waals surface area (Å²) in [5.74, 6) is -0.418. The minimum absolute atomic E-state index is 0.0763. The first-order valence-corrected chi connectivity index (χ1v) is 8.19. The molecule has 0 unspecified atom stereocenters.